The molecule has 1 aromatic rings. The number of aliphatic carboxylic acids is 1. The number of carboxylic acid groups (broad SMARTS) is 1. The Morgan fingerprint density at radius 2 is 1.79 bits per heavy atom. The molecule has 0 heterocycles. The zero-order valence-corrected chi connectivity index (χ0v) is 12.1. The van der Waals surface area contributed by atoms with E-state index in [1.165, 1.54) is 13.8 Å². The molecule has 0 saturated carbocycles. The Morgan fingerprint density at radius 3 is 2.16 bits per heavy atom. The Hall–Kier alpha value is -1.56. The second-order valence-electron chi connectivity index (χ2n) is 4.23. The lowest BCUT2D eigenvalue weighted by molar-refractivity contribution is -0.137. The van der Waals surface area contributed by atoms with Crippen LogP contribution < -0.4 is 4.31 Å². The number of anilines is 1. The standard InChI is InChI=1S/C13H19NO4S/c1-4-11-6-8-12(9-7-11)14(10(3)13(15)16)19(17,18)5-2/h6-10H,4-5H2,1-3H3,(H,15,16). The molecule has 1 N–H and O–H groups in total. The predicted molar refractivity (Wildman–Crippen MR) is 74.9 cm³/mol. The lowest BCUT2D eigenvalue weighted by atomic mass is 10.1. The molecule has 6 heteroatoms. The summed E-state index contributed by atoms with van der Waals surface area (Å²) in [6.07, 6.45) is 0.843. The third-order valence-corrected chi connectivity index (χ3v) is 4.83. The molecule has 5 nitrogen and oxygen atoms in total. The normalized spacial score (nSPS) is 13.0. The van der Waals surface area contributed by atoms with Crippen LogP contribution in [0.1, 0.15) is 26.3 Å². The van der Waals surface area contributed by atoms with Crippen LogP contribution in [-0.2, 0) is 21.2 Å². The SMILES string of the molecule is CCc1ccc(N(C(C)C(=O)O)S(=O)(=O)CC)cc1. The molecule has 0 saturated heterocycles. The van der Waals surface area contributed by atoms with Gasteiger partial charge < -0.3 is 5.11 Å². The summed E-state index contributed by atoms with van der Waals surface area (Å²) < 4.78 is 25.1. The highest BCUT2D eigenvalue weighted by Gasteiger charge is 2.30. The van der Waals surface area contributed by atoms with Gasteiger partial charge in [-0.05, 0) is 38.0 Å². The minimum atomic E-state index is -3.62. The van der Waals surface area contributed by atoms with Gasteiger partial charge in [0.1, 0.15) is 6.04 Å². The Bertz CT molecular complexity index is 536. The average molecular weight is 285 g/mol. The van der Waals surface area contributed by atoms with E-state index in [1.54, 1.807) is 12.1 Å². The largest absolute Gasteiger partial charge is 0.480 e. The van der Waals surface area contributed by atoms with Gasteiger partial charge in [0.2, 0.25) is 10.0 Å². The Balaban J connectivity index is 3.27. The third kappa shape index (κ3) is 3.47. The van der Waals surface area contributed by atoms with Crippen molar-refractivity contribution >= 4 is 21.7 Å². The molecule has 1 unspecified atom stereocenters. The first-order valence-electron chi connectivity index (χ1n) is 6.17. The van der Waals surface area contributed by atoms with E-state index in [-0.39, 0.29) is 5.75 Å². The van der Waals surface area contributed by atoms with Gasteiger partial charge in [-0.15, -0.1) is 0 Å². The Kier molecular flexibility index (Phi) is 4.94. The number of aryl methyl sites for hydroxylation is 1. The number of carboxylic acids is 1. The molecular formula is C13H19NO4S. The van der Waals surface area contributed by atoms with Crippen molar-refractivity contribution < 1.29 is 18.3 Å². The number of carbonyl (C=O) groups is 1. The average Bonchev–Trinajstić information content (AvgIpc) is 2.39. The number of hydrogen-bond donors (Lipinski definition) is 1. The van der Waals surface area contributed by atoms with Crippen LogP contribution in [0.3, 0.4) is 0 Å². The van der Waals surface area contributed by atoms with E-state index in [1.807, 2.05) is 19.1 Å². The molecule has 1 aromatic carbocycles. The van der Waals surface area contributed by atoms with E-state index >= 15 is 0 Å². The first-order valence-corrected chi connectivity index (χ1v) is 7.78. The molecule has 0 bridgehead atoms. The van der Waals surface area contributed by atoms with Crippen molar-refractivity contribution in [3.63, 3.8) is 0 Å². The zero-order chi connectivity index (χ0) is 14.6. The molecule has 0 amide bonds. The fourth-order valence-corrected chi connectivity index (χ4v) is 3.04. The van der Waals surface area contributed by atoms with Crippen molar-refractivity contribution in [2.45, 2.75) is 33.2 Å². The van der Waals surface area contributed by atoms with Crippen LogP contribution >= 0.6 is 0 Å². The summed E-state index contributed by atoms with van der Waals surface area (Å²) in [5, 5.41) is 9.07. The molecule has 106 valence electrons. The lowest BCUT2D eigenvalue weighted by Crippen LogP contribution is -2.44. The third-order valence-electron chi connectivity index (χ3n) is 2.97. The minimum absolute atomic E-state index is 0.139. The first kappa shape index (κ1) is 15.5. The molecule has 0 aliphatic rings. The fourth-order valence-electron chi connectivity index (χ4n) is 1.74. The zero-order valence-electron chi connectivity index (χ0n) is 11.3. The Labute approximate surface area is 113 Å². The summed E-state index contributed by atoms with van der Waals surface area (Å²) in [4.78, 5) is 11.1. The second kappa shape index (κ2) is 6.06. The van der Waals surface area contributed by atoms with Gasteiger partial charge in [0.15, 0.2) is 0 Å². The molecule has 0 fully saturated rings. The summed E-state index contributed by atoms with van der Waals surface area (Å²) >= 11 is 0. The van der Waals surface area contributed by atoms with Crippen LogP contribution in [-0.4, -0.2) is 31.3 Å². The molecule has 0 aliphatic heterocycles. The van der Waals surface area contributed by atoms with Gasteiger partial charge in [-0.3, -0.25) is 4.31 Å². The van der Waals surface area contributed by atoms with Crippen molar-refractivity contribution in [3.8, 4) is 0 Å². The quantitative estimate of drug-likeness (QED) is 0.866. The predicted octanol–water partition coefficient (Wildman–Crippen LogP) is 1.88. The number of hydrogen-bond acceptors (Lipinski definition) is 3. The number of sulfonamides is 1. The molecule has 0 aromatic heterocycles. The molecular weight excluding hydrogens is 266 g/mol. The Morgan fingerprint density at radius 1 is 1.26 bits per heavy atom. The maximum absolute atomic E-state index is 12.1. The summed E-state index contributed by atoms with van der Waals surface area (Å²) in [7, 11) is -3.62. The number of nitrogens with zero attached hydrogens (tertiary/aromatic N) is 1. The summed E-state index contributed by atoms with van der Waals surface area (Å²) in [5.41, 5.74) is 1.45. The van der Waals surface area contributed by atoms with Gasteiger partial charge in [-0.1, -0.05) is 19.1 Å². The minimum Gasteiger partial charge on any atom is -0.480 e. The second-order valence-corrected chi connectivity index (χ2v) is 6.37. The van der Waals surface area contributed by atoms with Crippen LogP contribution in [0, 0.1) is 0 Å². The van der Waals surface area contributed by atoms with E-state index in [9.17, 15) is 13.2 Å². The van der Waals surface area contributed by atoms with Crippen LogP contribution in [0.2, 0.25) is 0 Å². The van der Waals surface area contributed by atoms with E-state index < -0.39 is 22.0 Å². The monoisotopic (exact) mass is 285 g/mol. The van der Waals surface area contributed by atoms with Crippen molar-refractivity contribution in [3.05, 3.63) is 29.8 Å². The first-order chi connectivity index (χ1) is 8.83. The van der Waals surface area contributed by atoms with Crippen molar-refractivity contribution in [2.75, 3.05) is 10.1 Å². The van der Waals surface area contributed by atoms with Crippen molar-refractivity contribution in [1.29, 1.82) is 0 Å². The van der Waals surface area contributed by atoms with Gasteiger partial charge >= 0.3 is 5.97 Å². The highest BCUT2D eigenvalue weighted by molar-refractivity contribution is 7.92. The van der Waals surface area contributed by atoms with Crippen LogP contribution in [0.25, 0.3) is 0 Å². The summed E-state index contributed by atoms with van der Waals surface area (Å²) in [6.45, 7) is 4.86. The molecule has 0 spiro atoms. The molecule has 19 heavy (non-hydrogen) atoms. The van der Waals surface area contributed by atoms with Gasteiger partial charge in [0.05, 0.1) is 11.4 Å². The van der Waals surface area contributed by atoms with Crippen molar-refractivity contribution in [2.24, 2.45) is 0 Å². The van der Waals surface area contributed by atoms with Crippen LogP contribution in [0.15, 0.2) is 24.3 Å². The van der Waals surface area contributed by atoms with Crippen molar-refractivity contribution in [1.82, 2.24) is 0 Å². The van der Waals surface area contributed by atoms with E-state index in [0.29, 0.717) is 5.69 Å². The fraction of sp³-hybridized carbons (Fsp3) is 0.462. The van der Waals surface area contributed by atoms with Crippen LogP contribution in [0.5, 0.6) is 0 Å². The van der Waals surface area contributed by atoms with E-state index in [0.717, 1.165) is 16.3 Å². The van der Waals surface area contributed by atoms with Gasteiger partial charge in [0, 0.05) is 0 Å². The number of rotatable bonds is 6. The highest BCUT2D eigenvalue weighted by Crippen LogP contribution is 2.22. The maximum atomic E-state index is 12.1. The summed E-state index contributed by atoms with van der Waals surface area (Å²) in [6, 6.07) is 5.78. The maximum Gasteiger partial charge on any atom is 0.327 e. The van der Waals surface area contributed by atoms with Crippen LogP contribution in [0.4, 0.5) is 5.69 Å². The molecule has 1 atom stereocenters. The van der Waals surface area contributed by atoms with Gasteiger partial charge in [0.25, 0.3) is 0 Å². The number of benzene rings is 1. The smallest absolute Gasteiger partial charge is 0.327 e. The molecule has 0 radical (unpaired) electrons. The lowest BCUT2D eigenvalue weighted by Gasteiger charge is -2.27. The summed E-state index contributed by atoms with van der Waals surface area (Å²) in [5.74, 6) is -1.31. The van der Waals surface area contributed by atoms with Gasteiger partial charge in [-0.2, -0.15) is 0 Å². The van der Waals surface area contributed by atoms with Gasteiger partial charge in [-0.25, -0.2) is 13.2 Å². The molecule has 1 rings (SSSR count). The highest BCUT2D eigenvalue weighted by atomic mass is 32.2. The topological polar surface area (TPSA) is 74.7 Å². The van der Waals surface area contributed by atoms with E-state index in [2.05, 4.69) is 0 Å². The van der Waals surface area contributed by atoms with E-state index in [4.69, 9.17) is 5.11 Å². The molecule has 0 aliphatic carbocycles.